The van der Waals surface area contributed by atoms with Crippen molar-refractivity contribution in [1.82, 2.24) is 5.48 Å². The zero-order valence-corrected chi connectivity index (χ0v) is 15.1. The molecular formula is C21H16N2O3S. The highest BCUT2D eigenvalue weighted by molar-refractivity contribution is 7.84. The predicted octanol–water partition coefficient (Wildman–Crippen LogP) is 3.60. The third kappa shape index (κ3) is 3.32. The minimum Gasteiger partial charge on any atom is -0.288 e. The Kier molecular flexibility index (Phi) is 4.66. The fraction of sp³-hybridized carbons (Fsp3) is 0.0476. The van der Waals surface area contributed by atoms with Crippen molar-refractivity contribution in [2.24, 2.45) is 4.99 Å². The molecule has 0 aliphatic carbocycles. The summed E-state index contributed by atoms with van der Waals surface area (Å²) < 4.78 is 13.0. The smallest absolute Gasteiger partial charge is 0.274 e. The van der Waals surface area contributed by atoms with E-state index in [0.29, 0.717) is 17.0 Å². The molecule has 0 fully saturated rings. The van der Waals surface area contributed by atoms with Crippen molar-refractivity contribution < 1.29 is 14.2 Å². The van der Waals surface area contributed by atoms with Gasteiger partial charge in [-0.2, -0.15) is 0 Å². The van der Waals surface area contributed by atoms with E-state index in [4.69, 9.17) is 10.2 Å². The van der Waals surface area contributed by atoms with E-state index in [-0.39, 0.29) is 0 Å². The summed E-state index contributed by atoms with van der Waals surface area (Å²) >= 11 is 0. The van der Waals surface area contributed by atoms with Crippen LogP contribution in [0.2, 0.25) is 0 Å². The average Bonchev–Trinajstić information content (AvgIpc) is 2.71. The van der Waals surface area contributed by atoms with Crippen molar-refractivity contribution in [3.05, 3.63) is 95.1 Å². The lowest BCUT2D eigenvalue weighted by Gasteiger charge is -2.17. The lowest BCUT2D eigenvalue weighted by molar-refractivity contribution is 0.0706. The standard InChI is InChI=1S/C21H16N2O3S/c24-21(23-25)15-11-9-14(10-12-15)20-17-6-2-4-8-19(17)27(26)13-16-5-1-3-7-18(16)22-20/h1-12,25H,13H2,(H,23,24). The summed E-state index contributed by atoms with van der Waals surface area (Å²) in [5, 5.41) is 8.79. The number of para-hydroxylation sites is 1. The van der Waals surface area contributed by atoms with Crippen molar-refractivity contribution in [3.63, 3.8) is 0 Å². The molecule has 1 unspecified atom stereocenters. The summed E-state index contributed by atoms with van der Waals surface area (Å²) in [5.41, 5.74) is 5.98. The summed E-state index contributed by atoms with van der Waals surface area (Å²) in [4.78, 5) is 17.2. The van der Waals surface area contributed by atoms with Crippen LogP contribution in [0.4, 0.5) is 5.69 Å². The van der Waals surface area contributed by atoms with Gasteiger partial charge in [-0.25, -0.2) is 10.5 Å². The first kappa shape index (κ1) is 17.3. The maximum absolute atomic E-state index is 13.0. The van der Waals surface area contributed by atoms with Gasteiger partial charge in [-0.15, -0.1) is 0 Å². The Bertz CT molecular complexity index is 1070. The number of nitrogens with one attached hydrogen (secondary N) is 1. The van der Waals surface area contributed by atoms with Gasteiger partial charge in [0.2, 0.25) is 0 Å². The lowest BCUT2D eigenvalue weighted by atomic mass is 10.00. The number of fused-ring (bicyclic) bond motifs is 2. The minimum absolute atomic E-state index is 0.338. The number of hydrogen-bond acceptors (Lipinski definition) is 4. The monoisotopic (exact) mass is 376 g/mol. The number of hydrogen-bond donors (Lipinski definition) is 2. The van der Waals surface area contributed by atoms with Crippen LogP contribution >= 0.6 is 0 Å². The molecule has 0 bridgehead atoms. The van der Waals surface area contributed by atoms with Crippen LogP contribution in [0, 0.1) is 0 Å². The van der Waals surface area contributed by atoms with Gasteiger partial charge in [0, 0.05) is 21.6 Å². The molecule has 0 spiro atoms. The van der Waals surface area contributed by atoms with Crippen LogP contribution in [0.25, 0.3) is 0 Å². The Balaban J connectivity index is 1.92. The first-order valence-electron chi connectivity index (χ1n) is 8.36. The van der Waals surface area contributed by atoms with E-state index in [1.54, 1.807) is 29.7 Å². The molecule has 0 aromatic heterocycles. The number of carbonyl (C=O) groups excluding carboxylic acids is 1. The molecular weight excluding hydrogens is 360 g/mol. The molecule has 3 aromatic rings. The SMILES string of the molecule is O=C(NO)c1ccc(C2=Nc3ccccc3CS(=O)c3ccccc32)cc1. The number of hydroxylamine groups is 1. The third-order valence-corrected chi connectivity index (χ3v) is 5.84. The lowest BCUT2D eigenvalue weighted by Crippen LogP contribution is -2.18. The Hall–Kier alpha value is -3.09. The highest BCUT2D eigenvalue weighted by Gasteiger charge is 2.20. The molecule has 27 heavy (non-hydrogen) atoms. The predicted molar refractivity (Wildman–Crippen MR) is 104 cm³/mol. The number of benzene rings is 3. The van der Waals surface area contributed by atoms with Gasteiger partial charge in [0.25, 0.3) is 5.91 Å². The third-order valence-electron chi connectivity index (χ3n) is 4.42. The van der Waals surface area contributed by atoms with E-state index in [0.717, 1.165) is 27.3 Å². The zero-order valence-electron chi connectivity index (χ0n) is 14.3. The zero-order chi connectivity index (χ0) is 18.8. The molecule has 6 heteroatoms. The van der Waals surface area contributed by atoms with Gasteiger partial charge < -0.3 is 0 Å². The Morgan fingerprint density at radius 1 is 0.963 bits per heavy atom. The second kappa shape index (κ2) is 7.26. The Labute approximate surface area is 158 Å². The molecule has 1 atom stereocenters. The summed E-state index contributed by atoms with van der Waals surface area (Å²) in [6.07, 6.45) is 0. The topological polar surface area (TPSA) is 78.8 Å². The molecule has 134 valence electrons. The fourth-order valence-corrected chi connectivity index (χ4v) is 4.39. The number of amides is 1. The van der Waals surface area contributed by atoms with Gasteiger partial charge in [0.05, 0.1) is 28.0 Å². The molecule has 1 heterocycles. The normalized spacial score (nSPS) is 15.6. The first-order chi connectivity index (χ1) is 13.2. The van der Waals surface area contributed by atoms with Crippen LogP contribution in [0.1, 0.15) is 27.0 Å². The van der Waals surface area contributed by atoms with E-state index in [1.165, 1.54) is 0 Å². The number of carbonyl (C=O) groups is 1. The molecule has 1 amide bonds. The summed E-state index contributed by atoms with van der Waals surface area (Å²) in [6.45, 7) is 0. The van der Waals surface area contributed by atoms with Crippen LogP contribution < -0.4 is 5.48 Å². The van der Waals surface area contributed by atoms with Crippen molar-refractivity contribution in [2.75, 3.05) is 0 Å². The molecule has 0 saturated carbocycles. The second-order valence-corrected chi connectivity index (χ2v) is 7.51. The van der Waals surface area contributed by atoms with E-state index >= 15 is 0 Å². The quantitative estimate of drug-likeness (QED) is 0.530. The van der Waals surface area contributed by atoms with Gasteiger partial charge in [-0.3, -0.25) is 14.2 Å². The van der Waals surface area contributed by atoms with Gasteiger partial charge in [0.1, 0.15) is 0 Å². The highest BCUT2D eigenvalue weighted by Crippen LogP contribution is 2.30. The van der Waals surface area contributed by atoms with Gasteiger partial charge in [-0.1, -0.05) is 48.5 Å². The van der Waals surface area contributed by atoms with Crippen molar-refractivity contribution >= 4 is 28.1 Å². The maximum Gasteiger partial charge on any atom is 0.274 e. The number of rotatable bonds is 2. The molecule has 0 saturated heterocycles. The van der Waals surface area contributed by atoms with Crippen molar-refractivity contribution in [3.8, 4) is 0 Å². The molecule has 1 aliphatic rings. The van der Waals surface area contributed by atoms with Crippen LogP contribution in [0.15, 0.2) is 82.7 Å². The van der Waals surface area contributed by atoms with E-state index in [2.05, 4.69) is 0 Å². The summed E-state index contributed by atoms with van der Waals surface area (Å²) in [6, 6.07) is 22.0. The Morgan fingerprint density at radius 2 is 1.67 bits per heavy atom. The average molecular weight is 376 g/mol. The molecule has 4 rings (SSSR count). The van der Waals surface area contributed by atoms with Gasteiger partial charge >= 0.3 is 0 Å². The minimum atomic E-state index is -1.19. The first-order valence-corrected chi connectivity index (χ1v) is 9.68. The van der Waals surface area contributed by atoms with Crippen LogP contribution in [0.5, 0.6) is 0 Å². The number of nitrogens with zero attached hydrogens (tertiary/aromatic N) is 1. The van der Waals surface area contributed by atoms with Crippen molar-refractivity contribution in [2.45, 2.75) is 10.6 Å². The van der Waals surface area contributed by atoms with Crippen molar-refractivity contribution in [1.29, 1.82) is 0 Å². The largest absolute Gasteiger partial charge is 0.288 e. The molecule has 1 aliphatic heterocycles. The van der Waals surface area contributed by atoms with Crippen LogP contribution in [-0.4, -0.2) is 21.0 Å². The maximum atomic E-state index is 13.0. The van der Waals surface area contributed by atoms with Gasteiger partial charge in [-0.05, 0) is 29.8 Å². The summed E-state index contributed by atoms with van der Waals surface area (Å²) in [7, 11) is -1.19. The molecule has 3 aromatic carbocycles. The summed E-state index contributed by atoms with van der Waals surface area (Å²) in [5.74, 6) is -0.160. The Morgan fingerprint density at radius 3 is 2.44 bits per heavy atom. The van der Waals surface area contributed by atoms with E-state index < -0.39 is 16.7 Å². The van der Waals surface area contributed by atoms with Gasteiger partial charge in [0.15, 0.2) is 0 Å². The van der Waals surface area contributed by atoms with Crippen LogP contribution in [0.3, 0.4) is 0 Å². The van der Waals surface area contributed by atoms with E-state index in [1.807, 2.05) is 48.5 Å². The number of aliphatic imine (C=N–C) groups is 1. The molecule has 5 nitrogen and oxygen atoms in total. The fourth-order valence-electron chi connectivity index (χ4n) is 3.07. The van der Waals surface area contributed by atoms with E-state index in [9.17, 15) is 9.00 Å². The molecule has 2 N–H and O–H groups in total. The van der Waals surface area contributed by atoms with Crippen LogP contribution in [-0.2, 0) is 16.6 Å². The second-order valence-electron chi connectivity index (χ2n) is 6.09. The molecule has 0 radical (unpaired) electrons. The highest BCUT2D eigenvalue weighted by atomic mass is 32.2.